The molecule has 1 saturated heterocycles. The molecule has 2 heterocycles. The Morgan fingerprint density at radius 1 is 1.29 bits per heavy atom. The Balaban J connectivity index is 2.02. The Labute approximate surface area is 128 Å². The minimum atomic E-state index is 0.0672. The molecule has 0 aliphatic carbocycles. The molecule has 2 N–H and O–H groups in total. The van der Waals surface area contributed by atoms with Crippen LogP contribution in [0.5, 0.6) is 5.75 Å². The van der Waals surface area contributed by atoms with Crippen LogP contribution < -0.4 is 15.4 Å². The molecular weight excluding hydrogens is 264 g/mol. The third kappa shape index (κ3) is 3.86. The fourth-order valence-electron chi connectivity index (χ4n) is 2.60. The predicted octanol–water partition coefficient (Wildman–Crippen LogP) is 1.73. The number of nitrogens with zero attached hydrogens (tertiary/aromatic N) is 3. The first-order chi connectivity index (χ1) is 10.1. The van der Waals surface area contributed by atoms with Crippen molar-refractivity contribution in [3.8, 4) is 5.75 Å². The molecule has 2 rings (SSSR count). The van der Waals surface area contributed by atoms with Crippen LogP contribution in [0.4, 0.5) is 5.82 Å². The van der Waals surface area contributed by atoms with Gasteiger partial charge in [-0.2, -0.15) is 0 Å². The van der Waals surface area contributed by atoms with Gasteiger partial charge in [-0.25, -0.2) is 4.98 Å². The van der Waals surface area contributed by atoms with Crippen molar-refractivity contribution in [2.24, 2.45) is 5.73 Å². The van der Waals surface area contributed by atoms with E-state index in [1.807, 2.05) is 18.3 Å². The maximum Gasteiger partial charge on any atom is 0.171 e. The lowest BCUT2D eigenvalue weighted by atomic mass is 10.0. The zero-order chi connectivity index (χ0) is 15.3. The summed E-state index contributed by atoms with van der Waals surface area (Å²) in [5.41, 5.74) is 5.94. The van der Waals surface area contributed by atoms with Crippen LogP contribution in [0.3, 0.4) is 0 Å². The van der Waals surface area contributed by atoms with Crippen molar-refractivity contribution in [2.75, 3.05) is 44.2 Å². The third-order valence-corrected chi connectivity index (χ3v) is 4.15. The van der Waals surface area contributed by atoms with Crippen LogP contribution in [-0.4, -0.2) is 54.8 Å². The first-order valence-electron chi connectivity index (χ1n) is 7.86. The summed E-state index contributed by atoms with van der Waals surface area (Å²) in [5, 5.41) is 0. The summed E-state index contributed by atoms with van der Waals surface area (Å²) in [4.78, 5) is 9.29. The lowest BCUT2D eigenvalue weighted by Crippen LogP contribution is -2.57. The van der Waals surface area contributed by atoms with Gasteiger partial charge in [-0.05, 0) is 32.4 Å². The Kier molecular flexibility index (Phi) is 5.42. The highest BCUT2D eigenvalue weighted by Gasteiger charge is 2.29. The van der Waals surface area contributed by atoms with Crippen LogP contribution in [0, 0.1) is 0 Å². The molecule has 1 aromatic heterocycles. The minimum Gasteiger partial charge on any atom is -0.490 e. The monoisotopic (exact) mass is 292 g/mol. The third-order valence-electron chi connectivity index (χ3n) is 4.15. The SMILES string of the molecule is CCCOc1cccnc1N1CCN(C(C)(C)CN)CC1. The van der Waals surface area contributed by atoms with Gasteiger partial charge in [0.05, 0.1) is 6.61 Å². The maximum atomic E-state index is 5.87. The van der Waals surface area contributed by atoms with E-state index in [1.165, 1.54) is 0 Å². The van der Waals surface area contributed by atoms with Crippen molar-refractivity contribution >= 4 is 5.82 Å². The smallest absolute Gasteiger partial charge is 0.171 e. The second-order valence-electron chi connectivity index (χ2n) is 6.16. The molecule has 0 radical (unpaired) electrons. The molecule has 0 amide bonds. The van der Waals surface area contributed by atoms with E-state index in [9.17, 15) is 0 Å². The van der Waals surface area contributed by atoms with Gasteiger partial charge >= 0.3 is 0 Å². The lowest BCUT2D eigenvalue weighted by molar-refractivity contribution is 0.118. The van der Waals surface area contributed by atoms with Crippen LogP contribution in [0.1, 0.15) is 27.2 Å². The molecule has 5 heteroatoms. The van der Waals surface area contributed by atoms with Crippen LogP contribution in [-0.2, 0) is 0 Å². The molecule has 1 aromatic rings. The quantitative estimate of drug-likeness (QED) is 0.865. The first-order valence-corrected chi connectivity index (χ1v) is 7.86. The molecule has 1 aliphatic rings. The topological polar surface area (TPSA) is 54.6 Å². The second kappa shape index (κ2) is 7.09. The minimum absolute atomic E-state index is 0.0672. The molecule has 0 aromatic carbocycles. The standard InChI is InChI=1S/C16H28N4O/c1-4-12-21-14-6-5-7-18-15(14)19-8-10-20(11-9-19)16(2,3)13-17/h5-7H,4,8-13,17H2,1-3H3. The van der Waals surface area contributed by atoms with E-state index >= 15 is 0 Å². The summed E-state index contributed by atoms with van der Waals surface area (Å²) in [6.45, 7) is 11.9. The summed E-state index contributed by atoms with van der Waals surface area (Å²) in [5.74, 6) is 1.86. The fraction of sp³-hybridized carbons (Fsp3) is 0.688. The molecule has 5 nitrogen and oxygen atoms in total. The fourth-order valence-corrected chi connectivity index (χ4v) is 2.60. The number of aromatic nitrogens is 1. The summed E-state index contributed by atoms with van der Waals surface area (Å²) >= 11 is 0. The highest BCUT2D eigenvalue weighted by Crippen LogP contribution is 2.27. The summed E-state index contributed by atoms with van der Waals surface area (Å²) < 4.78 is 5.82. The number of hydrogen-bond acceptors (Lipinski definition) is 5. The van der Waals surface area contributed by atoms with E-state index in [2.05, 4.69) is 35.6 Å². The summed E-state index contributed by atoms with van der Waals surface area (Å²) in [6, 6.07) is 3.94. The summed E-state index contributed by atoms with van der Waals surface area (Å²) in [7, 11) is 0. The van der Waals surface area contributed by atoms with Crippen LogP contribution in [0.15, 0.2) is 18.3 Å². The van der Waals surface area contributed by atoms with Crippen molar-refractivity contribution in [3.63, 3.8) is 0 Å². The van der Waals surface area contributed by atoms with Crippen LogP contribution in [0.2, 0.25) is 0 Å². The predicted molar refractivity (Wildman–Crippen MR) is 86.9 cm³/mol. The van der Waals surface area contributed by atoms with Crippen molar-refractivity contribution in [2.45, 2.75) is 32.7 Å². The summed E-state index contributed by atoms with van der Waals surface area (Å²) in [6.07, 6.45) is 2.84. The molecule has 1 fully saturated rings. The number of nitrogens with two attached hydrogens (primary N) is 1. The van der Waals surface area contributed by atoms with Gasteiger partial charge in [0.25, 0.3) is 0 Å². The molecule has 118 valence electrons. The van der Waals surface area contributed by atoms with Gasteiger partial charge in [0.1, 0.15) is 0 Å². The van der Waals surface area contributed by atoms with Gasteiger partial charge < -0.3 is 15.4 Å². The number of piperazine rings is 1. The average Bonchev–Trinajstić information content (AvgIpc) is 2.53. The highest BCUT2D eigenvalue weighted by molar-refractivity contribution is 5.52. The van der Waals surface area contributed by atoms with E-state index in [0.717, 1.165) is 50.8 Å². The largest absolute Gasteiger partial charge is 0.490 e. The number of ether oxygens (including phenoxy) is 1. The molecule has 0 spiro atoms. The highest BCUT2D eigenvalue weighted by atomic mass is 16.5. The van der Waals surface area contributed by atoms with E-state index in [0.29, 0.717) is 6.54 Å². The molecule has 0 atom stereocenters. The normalized spacial score (nSPS) is 17.0. The molecule has 0 unspecified atom stereocenters. The van der Waals surface area contributed by atoms with Gasteiger partial charge in [0.2, 0.25) is 0 Å². The Morgan fingerprint density at radius 2 is 2.00 bits per heavy atom. The van der Waals surface area contributed by atoms with Gasteiger partial charge in [0, 0.05) is 44.5 Å². The zero-order valence-electron chi connectivity index (χ0n) is 13.5. The number of pyridine rings is 1. The Hall–Kier alpha value is -1.33. The molecule has 0 saturated carbocycles. The van der Waals surface area contributed by atoms with E-state index in [4.69, 9.17) is 10.5 Å². The van der Waals surface area contributed by atoms with Crippen molar-refractivity contribution in [3.05, 3.63) is 18.3 Å². The Morgan fingerprint density at radius 3 is 2.62 bits per heavy atom. The number of anilines is 1. The van der Waals surface area contributed by atoms with E-state index < -0.39 is 0 Å². The molecule has 1 aliphatic heterocycles. The van der Waals surface area contributed by atoms with Crippen molar-refractivity contribution in [1.82, 2.24) is 9.88 Å². The van der Waals surface area contributed by atoms with E-state index in [1.54, 1.807) is 0 Å². The van der Waals surface area contributed by atoms with Crippen molar-refractivity contribution in [1.29, 1.82) is 0 Å². The average molecular weight is 292 g/mol. The number of hydrogen-bond donors (Lipinski definition) is 1. The van der Waals surface area contributed by atoms with Gasteiger partial charge in [-0.3, -0.25) is 4.90 Å². The van der Waals surface area contributed by atoms with Gasteiger partial charge in [0.15, 0.2) is 11.6 Å². The van der Waals surface area contributed by atoms with Gasteiger partial charge in [-0.1, -0.05) is 6.92 Å². The van der Waals surface area contributed by atoms with Crippen molar-refractivity contribution < 1.29 is 4.74 Å². The van der Waals surface area contributed by atoms with Crippen LogP contribution in [0.25, 0.3) is 0 Å². The van der Waals surface area contributed by atoms with Crippen LogP contribution >= 0.6 is 0 Å². The second-order valence-corrected chi connectivity index (χ2v) is 6.16. The number of rotatable bonds is 6. The molecule has 0 bridgehead atoms. The Bertz CT molecular complexity index is 442. The molecular formula is C16H28N4O. The first kappa shape index (κ1) is 16.0. The zero-order valence-corrected chi connectivity index (χ0v) is 13.5. The maximum absolute atomic E-state index is 5.87. The lowest BCUT2D eigenvalue weighted by Gasteiger charge is -2.44. The van der Waals surface area contributed by atoms with E-state index in [-0.39, 0.29) is 5.54 Å². The molecule has 21 heavy (non-hydrogen) atoms. The van der Waals surface area contributed by atoms with Gasteiger partial charge in [-0.15, -0.1) is 0 Å².